The van der Waals surface area contributed by atoms with E-state index in [2.05, 4.69) is 10.3 Å². The minimum atomic E-state index is -0.653. The first-order valence-electron chi connectivity index (χ1n) is 6.43. The van der Waals surface area contributed by atoms with Gasteiger partial charge in [0, 0.05) is 34.5 Å². The second-order valence-corrected chi connectivity index (χ2v) is 6.12. The fraction of sp³-hybridized carbons (Fsp3) is 0.538. The summed E-state index contributed by atoms with van der Waals surface area (Å²) in [5.74, 6) is 1.89. The first-order valence-corrected chi connectivity index (χ1v) is 7.92. The van der Waals surface area contributed by atoms with Gasteiger partial charge < -0.3 is 10.1 Å². The number of aromatic nitrogens is 1. The van der Waals surface area contributed by atoms with Crippen molar-refractivity contribution in [3.8, 4) is 0 Å². The second kappa shape index (κ2) is 6.65. The molecule has 0 aromatic carbocycles. The van der Waals surface area contributed by atoms with Crippen molar-refractivity contribution in [2.24, 2.45) is 0 Å². The third kappa shape index (κ3) is 4.02. The summed E-state index contributed by atoms with van der Waals surface area (Å²) in [4.78, 5) is 15.7. The smallest absolute Gasteiger partial charge is 0.339 e. The van der Waals surface area contributed by atoms with Crippen LogP contribution in [0.2, 0.25) is 0 Å². The van der Waals surface area contributed by atoms with Crippen molar-refractivity contribution in [1.29, 1.82) is 0 Å². The Kier molecular flexibility index (Phi) is 4.90. The van der Waals surface area contributed by atoms with E-state index in [-0.39, 0.29) is 5.97 Å². The standard InChI is InChI=1S/C13H18N2O3S/c1-2-18-13(16)10-3-4-12(14-9-10)15-11-5-7-19(17)8-6-11/h3-4,9,11H,2,5-8H2,1H3,(H,14,15). The molecule has 1 aliphatic heterocycles. The third-order valence-corrected chi connectivity index (χ3v) is 4.40. The number of esters is 1. The number of pyridine rings is 1. The van der Waals surface area contributed by atoms with E-state index in [4.69, 9.17) is 4.74 Å². The Bertz CT molecular complexity index is 451. The Labute approximate surface area is 115 Å². The summed E-state index contributed by atoms with van der Waals surface area (Å²) in [6, 6.07) is 3.80. The van der Waals surface area contributed by atoms with Crippen LogP contribution in [0.5, 0.6) is 0 Å². The molecule has 2 rings (SSSR count). The summed E-state index contributed by atoms with van der Waals surface area (Å²) in [5.41, 5.74) is 0.456. The molecule has 104 valence electrons. The van der Waals surface area contributed by atoms with Gasteiger partial charge in [0.05, 0.1) is 12.2 Å². The van der Waals surface area contributed by atoms with E-state index in [1.54, 1.807) is 19.1 Å². The first-order chi connectivity index (χ1) is 9.19. The minimum absolute atomic E-state index is 0.318. The average Bonchev–Trinajstić information content (AvgIpc) is 2.42. The Morgan fingerprint density at radius 1 is 1.47 bits per heavy atom. The van der Waals surface area contributed by atoms with E-state index in [0.717, 1.165) is 30.2 Å². The molecule has 2 heterocycles. The SMILES string of the molecule is CCOC(=O)c1ccc(NC2CCS(=O)CC2)nc1. The van der Waals surface area contributed by atoms with E-state index in [1.807, 2.05) is 0 Å². The summed E-state index contributed by atoms with van der Waals surface area (Å²) in [6.07, 6.45) is 3.31. The Morgan fingerprint density at radius 2 is 2.21 bits per heavy atom. The van der Waals surface area contributed by atoms with Gasteiger partial charge in [-0.3, -0.25) is 4.21 Å². The topological polar surface area (TPSA) is 68.3 Å². The first kappa shape index (κ1) is 14.0. The zero-order valence-electron chi connectivity index (χ0n) is 10.9. The fourth-order valence-corrected chi connectivity index (χ4v) is 3.26. The van der Waals surface area contributed by atoms with Crippen LogP contribution in [0.3, 0.4) is 0 Å². The minimum Gasteiger partial charge on any atom is -0.462 e. The number of rotatable bonds is 4. The van der Waals surface area contributed by atoms with E-state index in [9.17, 15) is 9.00 Å². The molecule has 1 fully saturated rings. The number of carbonyl (C=O) groups excluding carboxylic acids is 1. The lowest BCUT2D eigenvalue weighted by atomic mass is 10.1. The number of hydrogen-bond acceptors (Lipinski definition) is 5. The molecule has 1 aromatic rings. The Hall–Kier alpha value is -1.43. The molecule has 0 unspecified atom stereocenters. The van der Waals surface area contributed by atoms with Crippen LogP contribution >= 0.6 is 0 Å². The lowest BCUT2D eigenvalue weighted by Crippen LogP contribution is -2.29. The van der Waals surface area contributed by atoms with Crippen molar-refractivity contribution in [1.82, 2.24) is 4.98 Å². The predicted molar refractivity (Wildman–Crippen MR) is 74.7 cm³/mol. The molecule has 0 bridgehead atoms. The van der Waals surface area contributed by atoms with E-state index >= 15 is 0 Å². The summed E-state index contributed by atoms with van der Waals surface area (Å²) >= 11 is 0. The molecule has 0 aliphatic carbocycles. The molecule has 0 atom stereocenters. The van der Waals surface area contributed by atoms with Gasteiger partial charge in [-0.05, 0) is 31.9 Å². The van der Waals surface area contributed by atoms with Gasteiger partial charge in [-0.1, -0.05) is 0 Å². The highest BCUT2D eigenvalue weighted by molar-refractivity contribution is 7.85. The maximum Gasteiger partial charge on any atom is 0.339 e. The number of nitrogens with zero attached hydrogens (tertiary/aromatic N) is 1. The molecule has 0 saturated carbocycles. The van der Waals surface area contributed by atoms with Crippen LogP contribution in [0.25, 0.3) is 0 Å². The number of anilines is 1. The quantitative estimate of drug-likeness (QED) is 0.849. The van der Waals surface area contributed by atoms with Gasteiger partial charge in [-0.25, -0.2) is 9.78 Å². The number of hydrogen-bond donors (Lipinski definition) is 1. The van der Waals surface area contributed by atoms with Gasteiger partial charge in [-0.15, -0.1) is 0 Å². The van der Waals surface area contributed by atoms with Crippen LogP contribution in [0.15, 0.2) is 18.3 Å². The van der Waals surface area contributed by atoms with Crippen molar-refractivity contribution in [2.75, 3.05) is 23.4 Å². The van der Waals surface area contributed by atoms with Crippen LogP contribution in [0.1, 0.15) is 30.1 Å². The molecule has 0 amide bonds. The maximum atomic E-state index is 11.5. The largest absolute Gasteiger partial charge is 0.462 e. The number of nitrogens with one attached hydrogen (secondary N) is 1. The monoisotopic (exact) mass is 282 g/mol. The van der Waals surface area contributed by atoms with Crippen molar-refractivity contribution in [3.63, 3.8) is 0 Å². The zero-order valence-corrected chi connectivity index (χ0v) is 11.7. The van der Waals surface area contributed by atoms with Crippen molar-refractivity contribution in [3.05, 3.63) is 23.9 Å². The van der Waals surface area contributed by atoms with Gasteiger partial charge in [0.25, 0.3) is 0 Å². The molecule has 1 N–H and O–H groups in total. The highest BCUT2D eigenvalue weighted by atomic mass is 32.2. The fourth-order valence-electron chi connectivity index (χ4n) is 1.96. The summed E-state index contributed by atoms with van der Waals surface area (Å²) in [5, 5.41) is 3.30. The molecular weight excluding hydrogens is 264 g/mol. The molecule has 0 spiro atoms. The van der Waals surface area contributed by atoms with Crippen LogP contribution in [-0.2, 0) is 15.5 Å². The lowest BCUT2D eigenvalue weighted by Gasteiger charge is -2.22. The van der Waals surface area contributed by atoms with Crippen LogP contribution < -0.4 is 5.32 Å². The van der Waals surface area contributed by atoms with Crippen molar-refractivity contribution in [2.45, 2.75) is 25.8 Å². The summed E-state index contributed by atoms with van der Waals surface area (Å²) in [7, 11) is -0.653. The van der Waals surface area contributed by atoms with E-state index in [0.29, 0.717) is 18.2 Å². The van der Waals surface area contributed by atoms with Gasteiger partial charge in [0.1, 0.15) is 5.82 Å². The maximum absolute atomic E-state index is 11.5. The Balaban J connectivity index is 1.91. The zero-order chi connectivity index (χ0) is 13.7. The van der Waals surface area contributed by atoms with Crippen molar-refractivity contribution >= 4 is 22.6 Å². The van der Waals surface area contributed by atoms with E-state index in [1.165, 1.54) is 6.20 Å². The van der Waals surface area contributed by atoms with Crippen LogP contribution in [0, 0.1) is 0 Å². The normalized spacial score (nSPS) is 22.8. The molecule has 6 heteroatoms. The van der Waals surface area contributed by atoms with Crippen molar-refractivity contribution < 1.29 is 13.7 Å². The van der Waals surface area contributed by atoms with E-state index < -0.39 is 10.8 Å². The van der Waals surface area contributed by atoms with Gasteiger partial charge in [0.2, 0.25) is 0 Å². The molecule has 1 aliphatic rings. The molecule has 1 aromatic heterocycles. The number of ether oxygens (including phenoxy) is 1. The summed E-state index contributed by atoms with van der Waals surface area (Å²) < 4.78 is 16.2. The molecule has 0 radical (unpaired) electrons. The number of carbonyl (C=O) groups is 1. The second-order valence-electron chi connectivity index (χ2n) is 4.42. The van der Waals surface area contributed by atoms with Gasteiger partial charge >= 0.3 is 5.97 Å². The highest BCUT2D eigenvalue weighted by Gasteiger charge is 2.18. The Morgan fingerprint density at radius 3 is 2.79 bits per heavy atom. The predicted octanol–water partition coefficient (Wildman–Crippen LogP) is 1.58. The van der Waals surface area contributed by atoms with Gasteiger partial charge in [-0.2, -0.15) is 0 Å². The highest BCUT2D eigenvalue weighted by Crippen LogP contribution is 2.15. The summed E-state index contributed by atoms with van der Waals surface area (Å²) in [6.45, 7) is 2.13. The molecular formula is C13H18N2O3S. The molecule has 1 saturated heterocycles. The van der Waals surface area contributed by atoms with Crippen LogP contribution in [-0.4, -0.2) is 39.3 Å². The molecule has 19 heavy (non-hydrogen) atoms. The van der Waals surface area contributed by atoms with Crippen LogP contribution in [0.4, 0.5) is 5.82 Å². The van der Waals surface area contributed by atoms with Gasteiger partial charge in [0.15, 0.2) is 0 Å². The average molecular weight is 282 g/mol. The molecule has 5 nitrogen and oxygen atoms in total. The third-order valence-electron chi connectivity index (χ3n) is 3.01. The lowest BCUT2D eigenvalue weighted by molar-refractivity contribution is 0.0526.